The quantitative estimate of drug-likeness (QED) is 0.421. The first-order valence-corrected chi connectivity index (χ1v) is 10.4. The molecule has 1 nitrogen and oxygen atoms in total. The Kier molecular flexibility index (Phi) is 7.93. The molecule has 0 saturated heterocycles. The summed E-state index contributed by atoms with van der Waals surface area (Å²) in [6, 6.07) is 0. The molecule has 0 bridgehead atoms. The van der Waals surface area contributed by atoms with Crippen molar-refractivity contribution in [3.63, 3.8) is 0 Å². The minimum Gasteiger partial charge on any atom is -0.417 e. The Morgan fingerprint density at radius 1 is 1.24 bits per heavy atom. The van der Waals surface area contributed by atoms with Crippen molar-refractivity contribution in [3.8, 4) is 0 Å². The maximum Gasteiger partial charge on any atom is 0.191 e. The minimum atomic E-state index is -1.52. The summed E-state index contributed by atoms with van der Waals surface area (Å²) in [5.41, 5.74) is 0. The number of rotatable bonds is 7. The van der Waals surface area contributed by atoms with E-state index in [0.717, 1.165) is 19.4 Å². The van der Waals surface area contributed by atoms with Gasteiger partial charge in [0, 0.05) is 6.61 Å². The van der Waals surface area contributed by atoms with Crippen LogP contribution in [0.5, 0.6) is 0 Å². The van der Waals surface area contributed by atoms with Gasteiger partial charge in [-0.15, -0.1) is 0 Å². The molecule has 0 atom stereocenters. The van der Waals surface area contributed by atoms with Crippen molar-refractivity contribution >= 4 is 24.2 Å². The van der Waals surface area contributed by atoms with Gasteiger partial charge in [0.05, 0.1) is 0 Å². The molecule has 0 spiro atoms. The highest BCUT2D eigenvalue weighted by Gasteiger charge is 2.36. The van der Waals surface area contributed by atoms with Gasteiger partial charge in [0.25, 0.3) is 0 Å². The van der Waals surface area contributed by atoms with Crippen molar-refractivity contribution in [1.82, 2.24) is 0 Å². The lowest BCUT2D eigenvalue weighted by molar-refractivity contribution is 0.279. The second-order valence-corrected chi connectivity index (χ2v) is 11.9. The molecule has 17 heavy (non-hydrogen) atoms. The Morgan fingerprint density at radius 3 is 2.29 bits per heavy atom. The summed E-state index contributed by atoms with van der Waals surface area (Å²) in [5, 5.41) is 0.331. The molecule has 0 fully saturated rings. The van der Waals surface area contributed by atoms with E-state index in [-0.39, 0.29) is 0 Å². The molecule has 0 aromatic heterocycles. The highest BCUT2D eigenvalue weighted by molar-refractivity contribution is 9.11. The zero-order valence-electron chi connectivity index (χ0n) is 12.4. The van der Waals surface area contributed by atoms with Crippen LogP contribution in [0, 0.1) is 0 Å². The fraction of sp³-hybridized carbons (Fsp3) is 0.857. The Bertz CT molecular complexity index is 241. The third-order valence-electron chi connectivity index (χ3n) is 3.57. The largest absolute Gasteiger partial charge is 0.417 e. The first-order valence-electron chi connectivity index (χ1n) is 6.69. The van der Waals surface area contributed by atoms with Crippen LogP contribution in [0.2, 0.25) is 18.1 Å². The zero-order chi connectivity index (χ0) is 13.5. The van der Waals surface area contributed by atoms with Crippen molar-refractivity contribution in [2.75, 3.05) is 6.61 Å². The smallest absolute Gasteiger partial charge is 0.191 e. The summed E-state index contributed by atoms with van der Waals surface area (Å²) in [6.07, 6.45) is 6.94. The third kappa shape index (κ3) is 7.42. The molecule has 102 valence electrons. The molecule has 0 aromatic carbocycles. The molecule has 0 unspecified atom stereocenters. The van der Waals surface area contributed by atoms with Crippen molar-refractivity contribution in [1.29, 1.82) is 0 Å². The summed E-state index contributed by atoms with van der Waals surface area (Å²) in [6.45, 7) is 14.6. The molecule has 0 aromatic rings. The van der Waals surface area contributed by atoms with Crippen LogP contribution in [-0.4, -0.2) is 14.9 Å². The molecule has 0 rings (SSSR count). The summed E-state index contributed by atoms with van der Waals surface area (Å²) >= 11 is 3.54. The molecule has 0 radical (unpaired) electrons. The number of halogens is 1. The normalized spacial score (nSPS) is 14.2. The Labute approximate surface area is 117 Å². The van der Waals surface area contributed by atoms with Crippen LogP contribution in [0.1, 0.15) is 53.4 Å². The highest BCUT2D eigenvalue weighted by atomic mass is 79.9. The maximum absolute atomic E-state index is 6.13. The van der Waals surface area contributed by atoms with Gasteiger partial charge in [-0.2, -0.15) is 0 Å². The summed E-state index contributed by atoms with van der Waals surface area (Å²) in [4.78, 5) is 0. The van der Waals surface area contributed by atoms with Crippen molar-refractivity contribution in [2.24, 2.45) is 0 Å². The van der Waals surface area contributed by atoms with Gasteiger partial charge in [-0.1, -0.05) is 49.7 Å². The number of unbranched alkanes of at least 4 members (excludes halogenated alkanes) is 2. The third-order valence-corrected chi connectivity index (χ3v) is 8.99. The Balaban J connectivity index is 3.73. The lowest BCUT2D eigenvalue weighted by Crippen LogP contribution is -2.40. The molecule has 0 aliphatic rings. The van der Waals surface area contributed by atoms with Gasteiger partial charge in [0.15, 0.2) is 8.32 Å². The predicted octanol–water partition coefficient (Wildman–Crippen LogP) is 5.87. The fourth-order valence-corrected chi connectivity index (χ4v) is 2.51. The van der Waals surface area contributed by atoms with Crippen LogP contribution in [-0.2, 0) is 4.43 Å². The average Bonchev–Trinajstić information content (AvgIpc) is 2.21. The van der Waals surface area contributed by atoms with Crippen LogP contribution in [0.3, 0.4) is 0 Å². The standard InChI is InChI=1S/C14H29BrOSi/c1-7-13(15)11-9-8-10-12-16-17(5,6)14(2,3)4/h11H,7-10,12H2,1-6H3/b13-11-. The average molecular weight is 321 g/mol. The van der Waals surface area contributed by atoms with Crippen molar-refractivity contribution in [3.05, 3.63) is 10.6 Å². The Hall–Kier alpha value is 0.397. The van der Waals surface area contributed by atoms with Crippen LogP contribution in [0.15, 0.2) is 10.6 Å². The van der Waals surface area contributed by atoms with Crippen molar-refractivity contribution < 1.29 is 4.43 Å². The second kappa shape index (κ2) is 7.75. The van der Waals surface area contributed by atoms with E-state index < -0.39 is 8.32 Å². The van der Waals surface area contributed by atoms with E-state index in [4.69, 9.17) is 4.43 Å². The molecule has 3 heteroatoms. The highest BCUT2D eigenvalue weighted by Crippen LogP contribution is 2.36. The van der Waals surface area contributed by atoms with Gasteiger partial charge in [0.2, 0.25) is 0 Å². The molecule has 0 amide bonds. The van der Waals surface area contributed by atoms with Crippen LogP contribution >= 0.6 is 15.9 Å². The topological polar surface area (TPSA) is 9.23 Å². The number of hydrogen-bond donors (Lipinski definition) is 0. The molecular weight excluding hydrogens is 292 g/mol. The zero-order valence-corrected chi connectivity index (χ0v) is 15.0. The number of hydrogen-bond acceptors (Lipinski definition) is 1. The first-order chi connectivity index (χ1) is 7.70. The van der Waals surface area contributed by atoms with Crippen LogP contribution < -0.4 is 0 Å². The predicted molar refractivity (Wildman–Crippen MR) is 84.3 cm³/mol. The van der Waals surface area contributed by atoms with E-state index in [9.17, 15) is 0 Å². The molecular formula is C14H29BrOSi. The lowest BCUT2D eigenvalue weighted by atomic mass is 10.2. The summed E-state index contributed by atoms with van der Waals surface area (Å²) in [5.74, 6) is 0. The second-order valence-electron chi connectivity index (χ2n) is 6.11. The van der Waals surface area contributed by atoms with Gasteiger partial charge >= 0.3 is 0 Å². The van der Waals surface area contributed by atoms with Crippen LogP contribution in [0.25, 0.3) is 0 Å². The monoisotopic (exact) mass is 320 g/mol. The van der Waals surface area contributed by atoms with Gasteiger partial charge in [-0.3, -0.25) is 0 Å². The molecule has 0 N–H and O–H groups in total. The molecule has 0 saturated carbocycles. The van der Waals surface area contributed by atoms with E-state index in [1.165, 1.54) is 17.3 Å². The lowest BCUT2D eigenvalue weighted by Gasteiger charge is -2.36. The molecule has 0 heterocycles. The SMILES string of the molecule is CC/C(Br)=C/CCCCO[Si](C)(C)C(C)(C)C. The molecule has 0 aliphatic carbocycles. The minimum absolute atomic E-state index is 0.331. The first kappa shape index (κ1) is 17.4. The van der Waals surface area contributed by atoms with E-state index in [0.29, 0.717) is 5.04 Å². The van der Waals surface area contributed by atoms with Crippen molar-refractivity contribution in [2.45, 2.75) is 71.5 Å². The van der Waals surface area contributed by atoms with E-state index in [2.05, 4.69) is 62.8 Å². The van der Waals surface area contributed by atoms with Gasteiger partial charge in [-0.25, -0.2) is 0 Å². The van der Waals surface area contributed by atoms with E-state index in [1.807, 2.05) is 0 Å². The maximum atomic E-state index is 6.13. The summed E-state index contributed by atoms with van der Waals surface area (Å²) < 4.78 is 7.46. The van der Waals surface area contributed by atoms with Crippen LogP contribution in [0.4, 0.5) is 0 Å². The van der Waals surface area contributed by atoms with Gasteiger partial charge in [0.1, 0.15) is 0 Å². The number of allylic oxidation sites excluding steroid dienone is 2. The Morgan fingerprint density at radius 2 is 1.82 bits per heavy atom. The van der Waals surface area contributed by atoms with Gasteiger partial charge in [-0.05, 0) is 48.3 Å². The summed E-state index contributed by atoms with van der Waals surface area (Å²) in [7, 11) is -1.52. The van der Waals surface area contributed by atoms with E-state index in [1.54, 1.807) is 0 Å². The fourth-order valence-electron chi connectivity index (χ4n) is 1.19. The van der Waals surface area contributed by atoms with Gasteiger partial charge < -0.3 is 4.43 Å². The molecule has 0 aliphatic heterocycles. The van der Waals surface area contributed by atoms with E-state index >= 15 is 0 Å².